The molecule has 0 fully saturated rings. The summed E-state index contributed by atoms with van der Waals surface area (Å²) in [5, 5.41) is 0.541. The minimum absolute atomic E-state index is 0.541. The molecule has 0 atom stereocenters. The summed E-state index contributed by atoms with van der Waals surface area (Å²) in [5.41, 5.74) is 4.01. The van der Waals surface area contributed by atoms with Gasteiger partial charge in [0.25, 0.3) is 0 Å². The number of nitrogens with zero attached hydrogens (tertiary/aromatic N) is 3. The normalized spacial score (nSPS) is 10.7. The number of aryl methyl sites for hydroxylation is 2. The van der Waals surface area contributed by atoms with Crippen molar-refractivity contribution in [2.24, 2.45) is 0 Å². The average molecular weight is 262 g/mol. The van der Waals surface area contributed by atoms with Crippen molar-refractivity contribution in [3.63, 3.8) is 0 Å². The molecule has 2 aromatic rings. The molecule has 0 unspecified atom stereocenters. The molecule has 3 nitrogen and oxygen atoms in total. The summed E-state index contributed by atoms with van der Waals surface area (Å²) in [4.78, 5) is 13.1. The van der Waals surface area contributed by atoms with E-state index in [2.05, 4.69) is 21.9 Å². The third kappa shape index (κ3) is 2.51. The number of aromatic nitrogens is 3. The van der Waals surface area contributed by atoms with Crippen LogP contribution in [-0.2, 0) is 6.42 Å². The van der Waals surface area contributed by atoms with Gasteiger partial charge in [-0.15, -0.1) is 0 Å². The van der Waals surface area contributed by atoms with Crippen LogP contribution >= 0.6 is 11.6 Å². The van der Waals surface area contributed by atoms with Gasteiger partial charge in [-0.1, -0.05) is 18.5 Å². The first-order valence-electron chi connectivity index (χ1n) is 6.07. The van der Waals surface area contributed by atoms with E-state index in [4.69, 9.17) is 11.6 Å². The topological polar surface area (TPSA) is 38.7 Å². The maximum absolute atomic E-state index is 6.19. The highest BCUT2D eigenvalue weighted by atomic mass is 35.5. The Morgan fingerprint density at radius 3 is 2.67 bits per heavy atom. The molecule has 94 valence electrons. The highest BCUT2D eigenvalue weighted by Gasteiger charge is 2.12. The Balaban J connectivity index is 2.59. The molecule has 2 aromatic heterocycles. The quantitative estimate of drug-likeness (QED) is 0.790. The minimum atomic E-state index is 0.541. The number of rotatable bonds is 3. The first kappa shape index (κ1) is 13.0. The van der Waals surface area contributed by atoms with Crippen LogP contribution in [0, 0.1) is 13.8 Å². The summed E-state index contributed by atoms with van der Waals surface area (Å²) >= 11 is 6.19. The Kier molecular flexibility index (Phi) is 3.92. The third-order valence-electron chi connectivity index (χ3n) is 2.88. The lowest BCUT2D eigenvalue weighted by atomic mass is 10.0. The van der Waals surface area contributed by atoms with Crippen LogP contribution in [-0.4, -0.2) is 15.0 Å². The van der Waals surface area contributed by atoms with Crippen LogP contribution < -0.4 is 0 Å². The van der Waals surface area contributed by atoms with Crippen LogP contribution in [0.3, 0.4) is 0 Å². The van der Waals surface area contributed by atoms with Gasteiger partial charge in [-0.25, -0.2) is 9.97 Å². The molecular formula is C14H16ClN3. The Labute approximate surface area is 112 Å². The van der Waals surface area contributed by atoms with E-state index >= 15 is 0 Å². The molecule has 2 heterocycles. The smallest absolute Gasteiger partial charge is 0.136 e. The average Bonchev–Trinajstić information content (AvgIpc) is 2.35. The van der Waals surface area contributed by atoms with E-state index in [9.17, 15) is 0 Å². The molecule has 0 amide bonds. The number of halogens is 1. The van der Waals surface area contributed by atoms with E-state index in [0.717, 1.165) is 41.1 Å². The minimum Gasteiger partial charge on any atom is -0.264 e. The van der Waals surface area contributed by atoms with Crippen LogP contribution in [0.4, 0.5) is 0 Å². The van der Waals surface area contributed by atoms with Crippen molar-refractivity contribution in [1.82, 2.24) is 15.0 Å². The maximum Gasteiger partial charge on any atom is 0.136 e. The molecule has 0 aromatic carbocycles. The molecule has 2 rings (SSSR count). The van der Waals surface area contributed by atoms with Crippen LogP contribution in [0.1, 0.15) is 30.3 Å². The standard InChI is InChI=1S/C14H16ClN3/c1-4-5-12-17-13(10(3)14(15)18-12)11-6-7-16-8-9(11)2/h6-8H,4-5H2,1-3H3. The van der Waals surface area contributed by atoms with Crippen molar-refractivity contribution in [3.05, 3.63) is 40.6 Å². The number of pyridine rings is 1. The van der Waals surface area contributed by atoms with Crippen molar-refractivity contribution in [2.75, 3.05) is 0 Å². The summed E-state index contributed by atoms with van der Waals surface area (Å²) in [6.45, 7) is 6.08. The summed E-state index contributed by atoms with van der Waals surface area (Å²) in [6.07, 6.45) is 5.47. The van der Waals surface area contributed by atoms with Gasteiger partial charge < -0.3 is 0 Å². The lowest BCUT2D eigenvalue weighted by Crippen LogP contribution is -2.01. The zero-order valence-electron chi connectivity index (χ0n) is 10.9. The van der Waals surface area contributed by atoms with Gasteiger partial charge in [0, 0.05) is 29.9 Å². The second-order valence-corrected chi connectivity index (χ2v) is 4.70. The molecule has 0 saturated heterocycles. The largest absolute Gasteiger partial charge is 0.264 e. The van der Waals surface area contributed by atoms with Crippen LogP contribution in [0.25, 0.3) is 11.3 Å². The lowest BCUT2D eigenvalue weighted by Gasteiger charge is -2.10. The van der Waals surface area contributed by atoms with Gasteiger partial charge in [-0.05, 0) is 31.9 Å². The van der Waals surface area contributed by atoms with Gasteiger partial charge in [0.2, 0.25) is 0 Å². The summed E-state index contributed by atoms with van der Waals surface area (Å²) in [7, 11) is 0. The van der Waals surface area contributed by atoms with E-state index in [-0.39, 0.29) is 0 Å². The summed E-state index contributed by atoms with van der Waals surface area (Å²) < 4.78 is 0. The first-order valence-corrected chi connectivity index (χ1v) is 6.45. The van der Waals surface area contributed by atoms with Crippen LogP contribution in [0.5, 0.6) is 0 Å². The van der Waals surface area contributed by atoms with Crippen molar-refractivity contribution < 1.29 is 0 Å². The Morgan fingerprint density at radius 1 is 1.22 bits per heavy atom. The van der Waals surface area contributed by atoms with Crippen LogP contribution in [0.2, 0.25) is 5.15 Å². The van der Waals surface area contributed by atoms with Gasteiger partial charge in [0.15, 0.2) is 0 Å². The summed E-state index contributed by atoms with van der Waals surface area (Å²) in [6, 6.07) is 1.97. The van der Waals surface area contributed by atoms with E-state index in [1.54, 1.807) is 6.20 Å². The Hall–Kier alpha value is -1.48. The molecule has 0 aliphatic heterocycles. The van der Waals surface area contributed by atoms with Gasteiger partial charge in [-0.3, -0.25) is 4.98 Å². The molecule has 0 bridgehead atoms. The van der Waals surface area contributed by atoms with Crippen LogP contribution in [0.15, 0.2) is 18.5 Å². The van der Waals surface area contributed by atoms with Gasteiger partial charge in [-0.2, -0.15) is 0 Å². The molecule has 0 aliphatic rings. The van der Waals surface area contributed by atoms with Gasteiger partial charge >= 0.3 is 0 Å². The predicted molar refractivity (Wildman–Crippen MR) is 73.7 cm³/mol. The fourth-order valence-electron chi connectivity index (χ4n) is 1.87. The highest BCUT2D eigenvalue weighted by molar-refractivity contribution is 6.30. The fraction of sp³-hybridized carbons (Fsp3) is 0.357. The second kappa shape index (κ2) is 5.44. The van der Waals surface area contributed by atoms with Crippen molar-refractivity contribution in [3.8, 4) is 11.3 Å². The molecule has 18 heavy (non-hydrogen) atoms. The zero-order valence-corrected chi connectivity index (χ0v) is 11.6. The summed E-state index contributed by atoms with van der Waals surface area (Å²) in [5.74, 6) is 0.805. The van der Waals surface area contributed by atoms with Gasteiger partial charge in [0.1, 0.15) is 11.0 Å². The molecule has 0 radical (unpaired) electrons. The first-order chi connectivity index (χ1) is 8.63. The lowest BCUT2D eigenvalue weighted by molar-refractivity contribution is 0.833. The molecule has 4 heteroatoms. The molecule has 0 spiro atoms. The van der Waals surface area contributed by atoms with Crippen molar-refractivity contribution in [2.45, 2.75) is 33.6 Å². The third-order valence-corrected chi connectivity index (χ3v) is 3.25. The Bertz CT molecular complexity index is 567. The fourth-order valence-corrected chi connectivity index (χ4v) is 2.06. The number of hydrogen-bond acceptors (Lipinski definition) is 3. The number of hydrogen-bond donors (Lipinski definition) is 0. The molecule has 0 N–H and O–H groups in total. The maximum atomic E-state index is 6.19. The monoisotopic (exact) mass is 261 g/mol. The Morgan fingerprint density at radius 2 is 2.00 bits per heavy atom. The van der Waals surface area contributed by atoms with E-state index in [1.807, 2.05) is 26.1 Å². The highest BCUT2D eigenvalue weighted by Crippen LogP contribution is 2.27. The second-order valence-electron chi connectivity index (χ2n) is 4.34. The molecular weight excluding hydrogens is 246 g/mol. The van der Waals surface area contributed by atoms with Gasteiger partial charge in [0.05, 0.1) is 5.69 Å². The molecule has 0 saturated carbocycles. The predicted octanol–water partition coefficient (Wildman–Crippen LogP) is 3.76. The van der Waals surface area contributed by atoms with E-state index in [0.29, 0.717) is 5.15 Å². The van der Waals surface area contributed by atoms with E-state index in [1.165, 1.54) is 0 Å². The SMILES string of the molecule is CCCc1nc(Cl)c(C)c(-c2ccncc2C)n1. The van der Waals surface area contributed by atoms with E-state index < -0.39 is 0 Å². The van der Waals surface area contributed by atoms with Crippen molar-refractivity contribution in [1.29, 1.82) is 0 Å². The molecule has 0 aliphatic carbocycles. The van der Waals surface area contributed by atoms with Crippen molar-refractivity contribution >= 4 is 11.6 Å². The zero-order chi connectivity index (χ0) is 13.1.